The maximum Gasteiger partial charge on any atom is 0.408 e. The normalized spacial score (nSPS) is 12.0. The first-order valence-electron chi connectivity index (χ1n) is 11.8. The number of methoxy groups -OCH3 is 2. The van der Waals surface area contributed by atoms with Crippen LogP contribution in [0.1, 0.15) is 35.7 Å². The molecule has 200 valence electrons. The van der Waals surface area contributed by atoms with Gasteiger partial charge >= 0.3 is 12.1 Å². The summed E-state index contributed by atoms with van der Waals surface area (Å²) in [5.41, 5.74) is 1.45. The van der Waals surface area contributed by atoms with Crippen LogP contribution in [0.4, 0.5) is 4.79 Å². The van der Waals surface area contributed by atoms with E-state index >= 15 is 0 Å². The van der Waals surface area contributed by atoms with Crippen LogP contribution in [0.25, 0.3) is 0 Å². The second kappa shape index (κ2) is 13.5. The fourth-order valence-electron chi connectivity index (χ4n) is 3.60. The maximum atomic E-state index is 13.5. The highest BCUT2D eigenvalue weighted by Gasteiger charge is 2.31. The van der Waals surface area contributed by atoms with E-state index in [1.54, 1.807) is 43.3 Å². The lowest BCUT2D eigenvalue weighted by Crippen LogP contribution is -2.44. The first-order valence-corrected chi connectivity index (χ1v) is 11.8. The van der Waals surface area contributed by atoms with Gasteiger partial charge in [0, 0.05) is 0 Å². The lowest BCUT2D eigenvalue weighted by atomic mass is 10.0. The van der Waals surface area contributed by atoms with Crippen molar-refractivity contribution in [1.29, 1.82) is 0 Å². The smallest absolute Gasteiger partial charge is 0.408 e. The van der Waals surface area contributed by atoms with Gasteiger partial charge in [0.15, 0.2) is 17.5 Å². The van der Waals surface area contributed by atoms with E-state index in [0.29, 0.717) is 11.3 Å². The molecule has 0 aromatic heterocycles. The van der Waals surface area contributed by atoms with Crippen molar-refractivity contribution in [3.63, 3.8) is 0 Å². The Hall–Kier alpha value is -4.73. The van der Waals surface area contributed by atoms with Gasteiger partial charge < -0.3 is 34.7 Å². The quantitative estimate of drug-likeness (QED) is 0.324. The fraction of sp³-hybridized carbons (Fsp3) is 0.250. The monoisotopic (exact) mass is 522 g/mol. The molecule has 0 bridgehead atoms. The molecular weight excluding hydrogens is 492 g/mol. The summed E-state index contributed by atoms with van der Waals surface area (Å²) >= 11 is 0. The minimum Gasteiger partial charge on any atom is -0.504 e. The summed E-state index contributed by atoms with van der Waals surface area (Å²) in [6.07, 6.45) is -0.834. The molecule has 0 radical (unpaired) electrons. The van der Waals surface area contributed by atoms with Crippen molar-refractivity contribution in [2.24, 2.45) is 0 Å². The van der Waals surface area contributed by atoms with Crippen molar-refractivity contribution in [3.8, 4) is 17.2 Å². The molecule has 0 heterocycles. The number of benzene rings is 3. The number of phenols is 1. The summed E-state index contributed by atoms with van der Waals surface area (Å²) in [7, 11) is 2.90. The van der Waals surface area contributed by atoms with Crippen molar-refractivity contribution in [2.45, 2.75) is 25.6 Å². The molecule has 10 nitrogen and oxygen atoms in total. The standard InChI is InChI=1S/C28H30N2O8/c1-4-37-27(33)25(20-12-15-23(36-3)22(31)16-20)29-26(32)24(19-10-13-21(35-2)14-11-19)30-28(34)38-17-18-8-6-5-7-9-18/h5-16,24-25,31H,4,17H2,1-3H3,(H,29,32)(H,30,34)/t24-,25+/m0/s1. The molecule has 0 spiro atoms. The Morgan fingerprint density at radius 3 is 2.11 bits per heavy atom. The second-order valence-electron chi connectivity index (χ2n) is 8.04. The van der Waals surface area contributed by atoms with Crippen molar-refractivity contribution in [1.82, 2.24) is 10.6 Å². The molecule has 0 fully saturated rings. The summed E-state index contributed by atoms with van der Waals surface area (Å²) in [5, 5.41) is 15.4. The number of hydrogen-bond donors (Lipinski definition) is 3. The van der Waals surface area contributed by atoms with Gasteiger partial charge in [0.2, 0.25) is 5.91 Å². The summed E-state index contributed by atoms with van der Waals surface area (Å²) in [4.78, 5) is 38.9. The zero-order chi connectivity index (χ0) is 27.5. The molecule has 10 heteroatoms. The van der Waals surface area contributed by atoms with E-state index in [1.165, 1.54) is 32.4 Å². The van der Waals surface area contributed by atoms with E-state index in [9.17, 15) is 19.5 Å². The molecule has 2 amide bonds. The molecule has 3 aromatic carbocycles. The number of carbonyl (C=O) groups is 3. The number of hydrogen-bond acceptors (Lipinski definition) is 8. The number of aromatic hydroxyl groups is 1. The number of amides is 2. The topological polar surface area (TPSA) is 132 Å². The molecule has 0 aliphatic rings. The minimum absolute atomic E-state index is 0.000199. The lowest BCUT2D eigenvalue weighted by Gasteiger charge is -2.23. The largest absolute Gasteiger partial charge is 0.504 e. The van der Waals surface area contributed by atoms with Crippen LogP contribution in [0.3, 0.4) is 0 Å². The van der Waals surface area contributed by atoms with Crippen LogP contribution < -0.4 is 20.1 Å². The number of phenolic OH excluding ortho intramolecular Hbond substituents is 1. The second-order valence-corrected chi connectivity index (χ2v) is 8.04. The van der Waals surface area contributed by atoms with Gasteiger partial charge in [-0.25, -0.2) is 9.59 Å². The molecule has 2 atom stereocenters. The van der Waals surface area contributed by atoms with Crippen LogP contribution in [-0.4, -0.2) is 43.9 Å². The lowest BCUT2D eigenvalue weighted by molar-refractivity contribution is -0.147. The summed E-state index contributed by atoms with van der Waals surface area (Å²) in [5.74, 6) is -0.923. The predicted molar refractivity (Wildman–Crippen MR) is 138 cm³/mol. The van der Waals surface area contributed by atoms with E-state index in [0.717, 1.165) is 5.56 Å². The molecule has 0 unspecified atom stereocenters. The number of nitrogens with one attached hydrogen (secondary N) is 2. The molecule has 3 N–H and O–H groups in total. The molecule has 0 aliphatic carbocycles. The van der Waals surface area contributed by atoms with E-state index in [1.807, 2.05) is 18.2 Å². The number of carbonyl (C=O) groups excluding carboxylic acids is 3. The predicted octanol–water partition coefficient (Wildman–Crippen LogP) is 3.80. The number of esters is 1. The Morgan fingerprint density at radius 2 is 1.50 bits per heavy atom. The number of ether oxygens (including phenoxy) is 4. The van der Waals surface area contributed by atoms with E-state index in [2.05, 4.69) is 10.6 Å². The highest BCUT2D eigenvalue weighted by atomic mass is 16.5. The van der Waals surface area contributed by atoms with Gasteiger partial charge in [0.25, 0.3) is 0 Å². The Balaban J connectivity index is 1.86. The summed E-state index contributed by atoms with van der Waals surface area (Å²) < 4.78 is 20.7. The van der Waals surface area contributed by atoms with Gasteiger partial charge in [-0.1, -0.05) is 48.5 Å². The average Bonchev–Trinajstić information content (AvgIpc) is 2.94. The van der Waals surface area contributed by atoms with Gasteiger partial charge in [0.1, 0.15) is 18.4 Å². The molecule has 0 aliphatic heterocycles. The molecule has 38 heavy (non-hydrogen) atoms. The van der Waals surface area contributed by atoms with E-state index in [-0.39, 0.29) is 30.3 Å². The van der Waals surface area contributed by atoms with Crippen molar-refractivity contribution in [2.75, 3.05) is 20.8 Å². The van der Waals surface area contributed by atoms with Crippen LogP contribution in [0.15, 0.2) is 72.8 Å². The van der Waals surface area contributed by atoms with Crippen molar-refractivity contribution in [3.05, 3.63) is 89.5 Å². The SMILES string of the molecule is CCOC(=O)[C@H](NC(=O)[C@@H](NC(=O)OCc1ccccc1)c1ccc(OC)cc1)c1ccc(OC)c(O)c1. The van der Waals surface area contributed by atoms with Crippen LogP contribution in [-0.2, 0) is 25.7 Å². The number of alkyl carbamates (subject to hydrolysis) is 1. The molecule has 3 rings (SSSR count). The first-order chi connectivity index (χ1) is 18.4. The molecule has 0 saturated carbocycles. The first kappa shape index (κ1) is 27.9. The van der Waals surface area contributed by atoms with Gasteiger partial charge in [-0.15, -0.1) is 0 Å². The van der Waals surface area contributed by atoms with E-state index in [4.69, 9.17) is 18.9 Å². The highest BCUT2D eigenvalue weighted by molar-refractivity contribution is 5.91. The maximum absolute atomic E-state index is 13.5. The third-order valence-corrected chi connectivity index (χ3v) is 5.53. The van der Waals surface area contributed by atoms with Crippen LogP contribution >= 0.6 is 0 Å². The Morgan fingerprint density at radius 1 is 0.816 bits per heavy atom. The van der Waals surface area contributed by atoms with Gasteiger partial charge in [-0.3, -0.25) is 4.79 Å². The highest BCUT2D eigenvalue weighted by Crippen LogP contribution is 2.30. The van der Waals surface area contributed by atoms with Crippen LogP contribution in [0, 0.1) is 0 Å². The van der Waals surface area contributed by atoms with Gasteiger partial charge in [-0.05, 0) is 47.9 Å². The fourth-order valence-corrected chi connectivity index (χ4v) is 3.60. The molecular formula is C28H30N2O8. The average molecular weight is 523 g/mol. The van der Waals surface area contributed by atoms with Gasteiger partial charge in [-0.2, -0.15) is 0 Å². The van der Waals surface area contributed by atoms with Gasteiger partial charge in [0.05, 0.1) is 20.8 Å². The molecule has 3 aromatic rings. The summed E-state index contributed by atoms with van der Waals surface area (Å²) in [6.45, 7) is 1.70. The zero-order valence-electron chi connectivity index (χ0n) is 21.3. The third kappa shape index (κ3) is 7.39. The van der Waals surface area contributed by atoms with Crippen molar-refractivity contribution >= 4 is 18.0 Å². The third-order valence-electron chi connectivity index (χ3n) is 5.53. The van der Waals surface area contributed by atoms with Crippen molar-refractivity contribution < 1.29 is 38.4 Å². The Bertz CT molecular complexity index is 1230. The van der Waals surface area contributed by atoms with E-state index < -0.39 is 30.1 Å². The Kier molecular flexibility index (Phi) is 9.93. The van der Waals surface area contributed by atoms with Crippen LogP contribution in [0.2, 0.25) is 0 Å². The number of rotatable bonds is 11. The van der Waals surface area contributed by atoms with Crippen LogP contribution in [0.5, 0.6) is 17.2 Å². The zero-order valence-corrected chi connectivity index (χ0v) is 21.3. The molecule has 0 saturated heterocycles. The Labute approximate surface area is 220 Å². The summed E-state index contributed by atoms with van der Waals surface area (Å²) in [6, 6.07) is 17.3. The minimum atomic E-state index is -1.28.